The Morgan fingerprint density at radius 2 is 1.94 bits per heavy atom. The fourth-order valence-electron chi connectivity index (χ4n) is 2.32. The molecule has 0 amide bonds. The first kappa shape index (κ1) is 13.9. The van der Waals surface area contributed by atoms with Crippen molar-refractivity contribution in [3.05, 3.63) is 0 Å². The van der Waals surface area contributed by atoms with Crippen LogP contribution in [0.2, 0.25) is 0 Å². The monoisotopic (exact) mass is 248 g/mol. The zero-order chi connectivity index (χ0) is 12.2. The van der Waals surface area contributed by atoms with Crippen LogP contribution < -0.4 is 5.32 Å². The molecule has 16 heavy (non-hydrogen) atoms. The quantitative estimate of drug-likeness (QED) is 0.764. The third-order valence-corrected chi connectivity index (χ3v) is 5.73. The van der Waals surface area contributed by atoms with Crippen LogP contribution in [0.3, 0.4) is 0 Å². The van der Waals surface area contributed by atoms with E-state index in [-0.39, 0.29) is 11.2 Å². The molecular weight excluding hydrogens is 224 g/mol. The minimum Gasteiger partial charge on any atom is -0.319 e. The fourth-order valence-corrected chi connectivity index (χ4v) is 3.88. The number of hydrogen-bond acceptors (Lipinski definition) is 3. The van der Waals surface area contributed by atoms with Gasteiger partial charge in [0.2, 0.25) is 10.0 Å². The summed E-state index contributed by atoms with van der Waals surface area (Å²) in [5.41, 5.74) is 0.229. The summed E-state index contributed by atoms with van der Waals surface area (Å²) >= 11 is 0. The van der Waals surface area contributed by atoms with Gasteiger partial charge in [0.25, 0.3) is 0 Å². The van der Waals surface area contributed by atoms with Crippen molar-refractivity contribution in [2.45, 2.75) is 33.1 Å². The summed E-state index contributed by atoms with van der Waals surface area (Å²) in [4.78, 5) is 0. The second kappa shape index (κ2) is 5.47. The van der Waals surface area contributed by atoms with Crippen molar-refractivity contribution in [2.75, 3.05) is 32.4 Å². The Labute approximate surface area is 99.5 Å². The van der Waals surface area contributed by atoms with Gasteiger partial charge in [-0.1, -0.05) is 13.8 Å². The number of sulfonamides is 1. The van der Waals surface area contributed by atoms with E-state index in [4.69, 9.17) is 0 Å². The fraction of sp³-hybridized carbons (Fsp3) is 1.00. The first-order valence-electron chi connectivity index (χ1n) is 6.12. The maximum atomic E-state index is 12.0. The number of nitrogens with one attached hydrogen (secondary N) is 1. The molecule has 1 saturated heterocycles. The second-order valence-corrected chi connectivity index (χ2v) is 6.80. The predicted octanol–water partition coefficient (Wildman–Crippen LogP) is 1.05. The third kappa shape index (κ3) is 2.96. The second-order valence-electron chi connectivity index (χ2n) is 4.71. The lowest BCUT2D eigenvalue weighted by Crippen LogP contribution is -2.36. The first-order chi connectivity index (χ1) is 7.49. The zero-order valence-corrected chi connectivity index (χ0v) is 11.4. The van der Waals surface area contributed by atoms with Crippen molar-refractivity contribution in [1.82, 2.24) is 9.62 Å². The Hall–Kier alpha value is -0.130. The van der Waals surface area contributed by atoms with Crippen LogP contribution in [0.25, 0.3) is 0 Å². The summed E-state index contributed by atoms with van der Waals surface area (Å²) in [5.74, 6) is 0.215. The molecule has 4 nitrogen and oxygen atoms in total. The van der Waals surface area contributed by atoms with Gasteiger partial charge >= 0.3 is 0 Å². The van der Waals surface area contributed by atoms with Crippen molar-refractivity contribution >= 4 is 10.0 Å². The topological polar surface area (TPSA) is 49.4 Å². The first-order valence-corrected chi connectivity index (χ1v) is 7.73. The SMILES string of the molecule is CCC1(CC)CCN(S(=O)(=O)CCNC)C1. The van der Waals surface area contributed by atoms with Gasteiger partial charge in [0.1, 0.15) is 0 Å². The Kier molecular flexibility index (Phi) is 4.76. The van der Waals surface area contributed by atoms with Crippen molar-refractivity contribution in [3.8, 4) is 0 Å². The molecule has 0 unspecified atom stereocenters. The highest BCUT2D eigenvalue weighted by Gasteiger charge is 2.39. The van der Waals surface area contributed by atoms with E-state index in [0.29, 0.717) is 19.6 Å². The van der Waals surface area contributed by atoms with Gasteiger partial charge in [-0.05, 0) is 31.7 Å². The molecule has 1 N–H and O–H groups in total. The minimum atomic E-state index is -3.04. The summed E-state index contributed by atoms with van der Waals surface area (Å²) in [6.07, 6.45) is 3.15. The number of hydrogen-bond donors (Lipinski definition) is 1. The van der Waals surface area contributed by atoms with E-state index in [0.717, 1.165) is 19.3 Å². The van der Waals surface area contributed by atoms with Crippen LogP contribution >= 0.6 is 0 Å². The molecule has 1 heterocycles. The average Bonchev–Trinajstić information content (AvgIpc) is 2.72. The van der Waals surface area contributed by atoms with E-state index in [1.165, 1.54) is 0 Å². The third-order valence-electron chi connectivity index (χ3n) is 3.91. The summed E-state index contributed by atoms with van der Waals surface area (Å²) in [5, 5.41) is 2.89. The Morgan fingerprint density at radius 3 is 2.38 bits per heavy atom. The van der Waals surface area contributed by atoms with E-state index in [2.05, 4.69) is 19.2 Å². The Bertz CT molecular complexity index is 310. The Morgan fingerprint density at radius 1 is 1.31 bits per heavy atom. The van der Waals surface area contributed by atoms with Gasteiger partial charge in [0.05, 0.1) is 5.75 Å². The van der Waals surface area contributed by atoms with Crippen molar-refractivity contribution in [2.24, 2.45) is 5.41 Å². The summed E-state index contributed by atoms with van der Waals surface area (Å²) in [6, 6.07) is 0. The summed E-state index contributed by atoms with van der Waals surface area (Å²) in [7, 11) is -1.26. The van der Waals surface area contributed by atoms with E-state index in [1.54, 1.807) is 11.4 Å². The molecule has 1 aliphatic rings. The highest BCUT2D eigenvalue weighted by atomic mass is 32.2. The number of rotatable bonds is 6. The lowest BCUT2D eigenvalue weighted by molar-refractivity contribution is 0.279. The molecule has 0 bridgehead atoms. The molecule has 0 aromatic heterocycles. The number of nitrogens with zero attached hydrogens (tertiary/aromatic N) is 1. The molecule has 0 atom stereocenters. The van der Waals surface area contributed by atoms with Crippen LogP contribution in [0.1, 0.15) is 33.1 Å². The van der Waals surface area contributed by atoms with Crippen LogP contribution in [0.5, 0.6) is 0 Å². The van der Waals surface area contributed by atoms with Crippen molar-refractivity contribution < 1.29 is 8.42 Å². The van der Waals surface area contributed by atoms with Crippen molar-refractivity contribution in [3.63, 3.8) is 0 Å². The lowest BCUT2D eigenvalue weighted by atomic mass is 9.82. The maximum absolute atomic E-state index is 12.0. The van der Waals surface area contributed by atoms with E-state index in [1.807, 2.05) is 0 Å². The normalized spacial score (nSPS) is 21.4. The van der Waals surface area contributed by atoms with Crippen LogP contribution in [-0.2, 0) is 10.0 Å². The molecule has 0 radical (unpaired) electrons. The van der Waals surface area contributed by atoms with E-state index < -0.39 is 10.0 Å². The van der Waals surface area contributed by atoms with Gasteiger partial charge in [-0.3, -0.25) is 0 Å². The van der Waals surface area contributed by atoms with Crippen LogP contribution in [0, 0.1) is 5.41 Å². The maximum Gasteiger partial charge on any atom is 0.215 e. The molecule has 5 heteroatoms. The van der Waals surface area contributed by atoms with E-state index in [9.17, 15) is 8.42 Å². The average molecular weight is 248 g/mol. The predicted molar refractivity (Wildman–Crippen MR) is 66.9 cm³/mol. The molecule has 0 aromatic rings. The van der Waals surface area contributed by atoms with Crippen LogP contribution in [0.4, 0.5) is 0 Å². The van der Waals surface area contributed by atoms with E-state index >= 15 is 0 Å². The molecule has 0 spiro atoms. The zero-order valence-electron chi connectivity index (χ0n) is 10.6. The molecule has 1 rings (SSSR count). The van der Waals surface area contributed by atoms with Gasteiger partial charge in [-0.25, -0.2) is 12.7 Å². The van der Waals surface area contributed by atoms with Gasteiger partial charge in [0.15, 0.2) is 0 Å². The largest absolute Gasteiger partial charge is 0.319 e. The molecule has 0 aromatic carbocycles. The summed E-state index contributed by atoms with van der Waals surface area (Å²) < 4.78 is 25.7. The highest BCUT2D eigenvalue weighted by molar-refractivity contribution is 7.89. The van der Waals surface area contributed by atoms with Crippen LogP contribution in [-0.4, -0.2) is 45.2 Å². The standard InChI is InChI=1S/C11H24N2O2S/c1-4-11(5-2)6-8-13(10-11)16(14,15)9-7-12-3/h12H,4-10H2,1-3H3. The highest BCUT2D eigenvalue weighted by Crippen LogP contribution is 2.37. The molecule has 0 aliphatic carbocycles. The van der Waals surface area contributed by atoms with Crippen molar-refractivity contribution in [1.29, 1.82) is 0 Å². The van der Waals surface area contributed by atoms with Gasteiger partial charge in [-0.15, -0.1) is 0 Å². The smallest absolute Gasteiger partial charge is 0.215 e. The lowest BCUT2D eigenvalue weighted by Gasteiger charge is -2.26. The van der Waals surface area contributed by atoms with Gasteiger partial charge in [-0.2, -0.15) is 0 Å². The van der Waals surface area contributed by atoms with Gasteiger partial charge < -0.3 is 5.32 Å². The molecule has 1 aliphatic heterocycles. The molecule has 96 valence electrons. The van der Waals surface area contributed by atoms with Crippen LogP contribution in [0.15, 0.2) is 0 Å². The molecular formula is C11H24N2O2S. The molecule has 1 fully saturated rings. The molecule has 0 saturated carbocycles. The van der Waals surface area contributed by atoms with Gasteiger partial charge in [0, 0.05) is 19.6 Å². The minimum absolute atomic E-state index is 0.215. The summed E-state index contributed by atoms with van der Waals surface area (Å²) in [6.45, 7) is 6.27. The Balaban J connectivity index is 2.65.